The molecule has 0 saturated heterocycles. The van der Waals surface area contributed by atoms with Crippen LogP contribution < -0.4 is 19.6 Å². The molecule has 14 heteroatoms. The standard InChI is InChI=1S/C30H23BrN4O8S/c1-3-22-25(29(37)42-2)26(19-7-5-4-6-8-19)33-28(36)24(44-30(33)32-22)15-18-13-21(31)27(23(14-18)35(40)41)43-16-17-9-11-20(12-10-17)34(38)39/h4-15,26H,3,16H2,1-2H3/b24-15+/t26-/m1/s1. The van der Waals surface area contributed by atoms with Gasteiger partial charge >= 0.3 is 11.7 Å². The number of ether oxygens (including phenoxy) is 2. The number of nitro groups is 2. The summed E-state index contributed by atoms with van der Waals surface area (Å²) < 4.78 is 12.8. The SMILES string of the molecule is CCC1=C(C(=O)OC)[C@@H](c2ccccc2)n2c(s/c(=C/c3cc(Br)c(OCc4ccc([N+](=O)[O-])cc4)c([N+](=O)[O-])c3)c2=O)=N1. The highest BCUT2D eigenvalue weighted by Gasteiger charge is 2.33. The summed E-state index contributed by atoms with van der Waals surface area (Å²) >= 11 is 4.46. The first-order chi connectivity index (χ1) is 21.1. The molecular weight excluding hydrogens is 656 g/mol. The van der Waals surface area contributed by atoms with E-state index in [-0.39, 0.29) is 38.3 Å². The van der Waals surface area contributed by atoms with Crippen LogP contribution in [0, 0.1) is 20.2 Å². The fourth-order valence-corrected chi connectivity index (χ4v) is 6.40. The summed E-state index contributed by atoms with van der Waals surface area (Å²) in [4.78, 5) is 53.6. The zero-order chi connectivity index (χ0) is 31.5. The summed E-state index contributed by atoms with van der Waals surface area (Å²) in [5, 5.41) is 22.9. The number of benzene rings is 3. The van der Waals surface area contributed by atoms with E-state index < -0.39 is 27.4 Å². The number of methoxy groups -OCH3 is 1. The van der Waals surface area contributed by atoms with Gasteiger partial charge in [-0.1, -0.05) is 48.6 Å². The van der Waals surface area contributed by atoms with E-state index in [1.54, 1.807) is 6.07 Å². The number of rotatable bonds is 9. The van der Waals surface area contributed by atoms with Crippen molar-refractivity contribution < 1.29 is 24.1 Å². The summed E-state index contributed by atoms with van der Waals surface area (Å²) in [6.07, 6.45) is 1.95. The summed E-state index contributed by atoms with van der Waals surface area (Å²) in [6.45, 7) is 1.79. The van der Waals surface area contributed by atoms with Gasteiger partial charge in [-0.3, -0.25) is 29.6 Å². The second kappa shape index (κ2) is 12.7. The monoisotopic (exact) mass is 678 g/mol. The average molecular weight is 680 g/mol. The number of non-ortho nitro benzene ring substituents is 1. The van der Waals surface area contributed by atoms with Crippen LogP contribution in [0.1, 0.15) is 36.1 Å². The second-order valence-electron chi connectivity index (χ2n) is 9.52. The molecule has 224 valence electrons. The predicted octanol–water partition coefficient (Wildman–Crippen LogP) is 4.96. The molecule has 0 aliphatic carbocycles. The molecule has 0 unspecified atom stereocenters. The molecule has 1 aliphatic heterocycles. The maximum atomic E-state index is 13.8. The minimum atomic E-state index is -0.770. The van der Waals surface area contributed by atoms with E-state index in [9.17, 15) is 29.8 Å². The Kier molecular flexibility index (Phi) is 8.83. The minimum Gasteiger partial charge on any atom is -0.481 e. The van der Waals surface area contributed by atoms with Gasteiger partial charge in [0.05, 0.1) is 43.3 Å². The highest BCUT2D eigenvalue weighted by molar-refractivity contribution is 9.10. The van der Waals surface area contributed by atoms with E-state index in [0.29, 0.717) is 33.6 Å². The van der Waals surface area contributed by atoms with Gasteiger partial charge in [0.15, 0.2) is 4.80 Å². The van der Waals surface area contributed by atoms with E-state index in [2.05, 4.69) is 20.9 Å². The van der Waals surface area contributed by atoms with Gasteiger partial charge in [-0.05, 0) is 63.3 Å². The van der Waals surface area contributed by atoms with Crippen LogP contribution in [0.5, 0.6) is 5.75 Å². The van der Waals surface area contributed by atoms with Crippen LogP contribution in [-0.4, -0.2) is 27.5 Å². The maximum absolute atomic E-state index is 13.8. The van der Waals surface area contributed by atoms with Crippen molar-refractivity contribution in [2.45, 2.75) is 26.0 Å². The highest BCUT2D eigenvalue weighted by Crippen LogP contribution is 2.37. The molecule has 5 rings (SSSR count). The van der Waals surface area contributed by atoms with Crippen LogP contribution in [0.2, 0.25) is 0 Å². The van der Waals surface area contributed by atoms with Crippen LogP contribution in [0.25, 0.3) is 6.08 Å². The van der Waals surface area contributed by atoms with Gasteiger partial charge in [0, 0.05) is 18.2 Å². The van der Waals surface area contributed by atoms with Crippen molar-refractivity contribution in [2.75, 3.05) is 7.11 Å². The number of hydrogen-bond acceptors (Lipinski definition) is 10. The first-order valence-corrected chi connectivity index (χ1v) is 14.8. The molecule has 0 fully saturated rings. The molecule has 0 saturated carbocycles. The van der Waals surface area contributed by atoms with Gasteiger partial charge in [-0.25, -0.2) is 9.79 Å². The number of esters is 1. The summed E-state index contributed by atoms with van der Waals surface area (Å²) in [5.41, 5.74) is 1.57. The van der Waals surface area contributed by atoms with Crippen molar-refractivity contribution in [3.8, 4) is 5.75 Å². The molecular formula is C30H23BrN4O8S. The molecule has 0 amide bonds. The summed E-state index contributed by atoms with van der Waals surface area (Å²) in [6, 6.07) is 16.9. The van der Waals surface area contributed by atoms with Crippen LogP contribution in [0.4, 0.5) is 11.4 Å². The van der Waals surface area contributed by atoms with Crippen LogP contribution >= 0.6 is 27.3 Å². The Morgan fingerprint density at radius 3 is 2.41 bits per heavy atom. The zero-order valence-electron chi connectivity index (χ0n) is 23.3. The van der Waals surface area contributed by atoms with Gasteiger partial charge in [-0.2, -0.15) is 0 Å². The molecule has 0 N–H and O–H groups in total. The van der Waals surface area contributed by atoms with Crippen molar-refractivity contribution in [1.29, 1.82) is 0 Å². The van der Waals surface area contributed by atoms with Gasteiger partial charge < -0.3 is 9.47 Å². The van der Waals surface area contributed by atoms with E-state index in [4.69, 9.17) is 9.47 Å². The zero-order valence-corrected chi connectivity index (χ0v) is 25.7. The number of nitro benzene ring substituents is 2. The first-order valence-electron chi connectivity index (χ1n) is 13.1. The van der Waals surface area contributed by atoms with Crippen molar-refractivity contribution in [3.05, 3.63) is 139 Å². The lowest BCUT2D eigenvalue weighted by Gasteiger charge is -2.25. The lowest BCUT2D eigenvalue weighted by molar-refractivity contribution is -0.386. The third kappa shape index (κ3) is 5.94. The molecule has 3 aromatic carbocycles. The lowest BCUT2D eigenvalue weighted by Crippen LogP contribution is -2.40. The molecule has 44 heavy (non-hydrogen) atoms. The second-order valence-corrected chi connectivity index (χ2v) is 11.4. The van der Waals surface area contributed by atoms with E-state index in [1.807, 2.05) is 37.3 Å². The smallest absolute Gasteiger partial charge is 0.338 e. The molecule has 4 aromatic rings. The van der Waals surface area contributed by atoms with Crippen molar-refractivity contribution in [2.24, 2.45) is 4.99 Å². The molecule has 1 atom stereocenters. The number of aromatic nitrogens is 1. The normalized spacial score (nSPS) is 14.5. The number of halogens is 1. The Bertz CT molecular complexity index is 2000. The topological polar surface area (TPSA) is 156 Å². The molecule has 1 aliphatic rings. The Balaban J connectivity index is 1.57. The average Bonchev–Trinajstić information content (AvgIpc) is 3.33. The van der Waals surface area contributed by atoms with Gasteiger partial charge in [0.1, 0.15) is 6.61 Å². The number of hydrogen-bond donors (Lipinski definition) is 0. The maximum Gasteiger partial charge on any atom is 0.338 e. The number of carbonyl (C=O) groups is 1. The number of carbonyl (C=O) groups excluding carboxylic acids is 1. The van der Waals surface area contributed by atoms with Crippen molar-refractivity contribution >= 4 is 50.7 Å². The number of allylic oxidation sites excluding steroid dienone is 1. The summed E-state index contributed by atoms with van der Waals surface area (Å²) in [5.74, 6) is -0.621. The summed E-state index contributed by atoms with van der Waals surface area (Å²) in [7, 11) is 1.28. The number of thiazole rings is 1. The Morgan fingerprint density at radius 2 is 1.80 bits per heavy atom. The third-order valence-corrected chi connectivity index (χ3v) is 8.41. The fraction of sp³-hybridized carbons (Fsp3) is 0.167. The molecule has 0 spiro atoms. The van der Waals surface area contributed by atoms with Crippen LogP contribution in [-0.2, 0) is 16.1 Å². The van der Waals surface area contributed by atoms with Crippen molar-refractivity contribution in [3.63, 3.8) is 0 Å². The molecule has 0 radical (unpaired) electrons. The van der Waals surface area contributed by atoms with E-state index in [0.717, 1.165) is 11.3 Å². The molecule has 0 bridgehead atoms. The predicted molar refractivity (Wildman–Crippen MR) is 165 cm³/mol. The highest BCUT2D eigenvalue weighted by atomic mass is 79.9. The van der Waals surface area contributed by atoms with E-state index >= 15 is 0 Å². The number of nitrogens with zero attached hydrogens (tertiary/aromatic N) is 4. The third-order valence-electron chi connectivity index (χ3n) is 6.84. The Hall–Kier alpha value is -4.95. The molecule has 1 aromatic heterocycles. The quantitative estimate of drug-likeness (QED) is 0.137. The van der Waals surface area contributed by atoms with E-state index in [1.165, 1.54) is 48.1 Å². The Labute approximate surface area is 261 Å². The minimum absolute atomic E-state index is 0.0358. The van der Waals surface area contributed by atoms with Gasteiger partial charge in [0.25, 0.3) is 11.2 Å². The van der Waals surface area contributed by atoms with Gasteiger partial charge in [-0.15, -0.1) is 0 Å². The Morgan fingerprint density at radius 1 is 1.09 bits per heavy atom. The van der Waals surface area contributed by atoms with Crippen LogP contribution in [0.3, 0.4) is 0 Å². The lowest BCUT2D eigenvalue weighted by atomic mass is 9.95. The fourth-order valence-electron chi connectivity index (χ4n) is 4.80. The van der Waals surface area contributed by atoms with Crippen LogP contribution in [0.15, 0.2) is 92.3 Å². The molecule has 12 nitrogen and oxygen atoms in total. The van der Waals surface area contributed by atoms with Crippen molar-refractivity contribution in [1.82, 2.24) is 4.57 Å². The number of fused-ring (bicyclic) bond motifs is 1. The van der Waals surface area contributed by atoms with Gasteiger partial charge in [0.2, 0.25) is 5.75 Å². The molecule has 2 heterocycles. The largest absolute Gasteiger partial charge is 0.481 e. The first kappa shape index (κ1) is 30.5.